The Hall–Kier alpha value is -1.27. The molecule has 0 fully saturated rings. The number of nitrogens with zero attached hydrogens (tertiary/aromatic N) is 2. The van der Waals surface area contributed by atoms with E-state index in [9.17, 15) is 8.42 Å². The van der Waals surface area contributed by atoms with Crippen LogP contribution in [0.5, 0.6) is 0 Å². The fourth-order valence-corrected chi connectivity index (χ4v) is 2.07. The number of benzene rings is 1. The van der Waals surface area contributed by atoms with Crippen molar-refractivity contribution in [2.24, 2.45) is 0 Å². The molecule has 0 heterocycles. The number of nitrogens with two attached hydrogens (primary N) is 1. The molecule has 0 atom stereocenters. The van der Waals surface area contributed by atoms with Crippen molar-refractivity contribution in [2.45, 2.75) is 6.92 Å². The van der Waals surface area contributed by atoms with Crippen molar-refractivity contribution in [3.8, 4) is 0 Å². The molecular weight excluding hydrogens is 226 g/mol. The van der Waals surface area contributed by atoms with E-state index in [-0.39, 0.29) is 0 Å². The number of rotatable bonds is 3. The van der Waals surface area contributed by atoms with Gasteiger partial charge in [-0.3, -0.25) is 4.31 Å². The second-order valence-corrected chi connectivity index (χ2v) is 5.97. The van der Waals surface area contributed by atoms with Crippen LogP contribution in [0.4, 0.5) is 11.4 Å². The summed E-state index contributed by atoms with van der Waals surface area (Å²) in [4.78, 5) is 0. The maximum Gasteiger partial charge on any atom is 0.303 e. The minimum absolute atomic E-state index is 0.553. The Morgan fingerprint density at radius 2 is 1.75 bits per heavy atom. The fourth-order valence-electron chi connectivity index (χ4n) is 1.20. The summed E-state index contributed by atoms with van der Waals surface area (Å²) < 4.78 is 26.0. The van der Waals surface area contributed by atoms with Gasteiger partial charge in [0.1, 0.15) is 0 Å². The molecule has 0 saturated carbocycles. The van der Waals surface area contributed by atoms with Crippen molar-refractivity contribution in [1.29, 1.82) is 0 Å². The molecule has 0 radical (unpaired) electrons. The molecule has 6 heteroatoms. The van der Waals surface area contributed by atoms with Crippen LogP contribution in [0.15, 0.2) is 18.2 Å². The van der Waals surface area contributed by atoms with E-state index in [1.807, 2.05) is 6.92 Å². The largest absolute Gasteiger partial charge is 0.398 e. The predicted octanol–water partition coefficient (Wildman–Crippen LogP) is 0.820. The van der Waals surface area contributed by atoms with Gasteiger partial charge in [0.2, 0.25) is 0 Å². The summed E-state index contributed by atoms with van der Waals surface area (Å²) in [6.07, 6.45) is 0. The molecule has 0 amide bonds. The molecule has 1 rings (SSSR count). The monoisotopic (exact) mass is 243 g/mol. The minimum Gasteiger partial charge on any atom is -0.398 e. The van der Waals surface area contributed by atoms with Crippen LogP contribution in [-0.2, 0) is 10.2 Å². The van der Waals surface area contributed by atoms with Crippen molar-refractivity contribution >= 4 is 21.6 Å². The van der Waals surface area contributed by atoms with Gasteiger partial charge in [-0.05, 0) is 24.6 Å². The molecule has 0 spiro atoms. The number of hydrogen-bond acceptors (Lipinski definition) is 3. The molecule has 90 valence electrons. The molecule has 0 unspecified atom stereocenters. The smallest absolute Gasteiger partial charge is 0.303 e. The van der Waals surface area contributed by atoms with E-state index < -0.39 is 10.2 Å². The topological polar surface area (TPSA) is 66.6 Å². The lowest BCUT2D eigenvalue weighted by Crippen LogP contribution is -2.37. The zero-order valence-electron chi connectivity index (χ0n) is 9.93. The highest BCUT2D eigenvalue weighted by Crippen LogP contribution is 2.22. The van der Waals surface area contributed by atoms with Crippen molar-refractivity contribution in [2.75, 3.05) is 31.2 Å². The van der Waals surface area contributed by atoms with Gasteiger partial charge in [0.15, 0.2) is 0 Å². The van der Waals surface area contributed by atoms with Crippen LogP contribution in [0.1, 0.15) is 5.56 Å². The molecule has 0 aliphatic rings. The molecule has 2 N–H and O–H groups in total. The Kier molecular flexibility index (Phi) is 3.44. The third-order valence-electron chi connectivity index (χ3n) is 2.43. The van der Waals surface area contributed by atoms with Gasteiger partial charge in [0, 0.05) is 26.8 Å². The van der Waals surface area contributed by atoms with Crippen molar-refractivity contribution in [3.63, 3.8) is 0 Å². The average molecular weight is 243 g/mol. The summed E-state index contributed by atoms with van der Waals surface area (Å²) in [6.45, 7) is 1.87. The van der Waals surface area contributed by atoms with Gasteiger partial charge < -0.3 is 5.73 Å². The van der Waals surface area contributed by atoms with E-state index in [1.54, 1.807) is 18.2 Å². The van der Waals surface area contributed by atoms with Crippen LogP contribution < -0.4 is 10.0 Å². The van der Waals surface area contributed by atoms with Crippen LogP contribution in [0.2, 0.25) is 0 Å². The third kappa shape index (κ3) is 2.28. The Morgan fingerprint density at radius 1 is 1.19 bits per heavy atom. The van der Waals surface area contributed by atoms with Crippen LogP contribution in [0.25, 0.3) is 0 Å². The van der Waals surface area contributed by atoms with Gasteiger partial charge in [0.05, 0.1) is 5.69 Å². The quantitative estimate of drug-likeness (QED) is 0.799. The summed E-state index contributed by atoms with van der Waals surface area (Å²) in [7, 11) is 1.03. The number of aryl methyl sites for hydroxylation is 1. The van der Waals surface area contributed by atoms with Crippen LogP contribution >= 0.6 is 0 Å². The second kappa shape index (κ2) is 4.31. The number of anilines is 2. The average Bonchev–Trinajstić information content (AvgIpc) is 2.20. The number of nitrogen functional groups attached to an aromatic ring is 1. The summed E-state index contributed by atoms with van der Waals surface area (Å²) in [5, 5.41) is 0. The van der Waals surface area contributed by atoms with Crippen LogP contribution in [-0.4, -0.2) is 33.9 Å². The maximum atomic E-state index is 11.8. The first-order valence-corrected chi connectivity index (χ1v) is 6.19. The zero-order valence-corrected chi connectivity index (χ0v) is 10.7. The van der Waals surface area contributed by atoms with Crippen molar-refractivity contribution in [3.05, 3.63) is 23.8 Å². The first kappa shape index (κ1) is 12.8. The van der Waals surface area contributed by atoms with Crippen LogP contribution in [0.3, 0.4) is 0 Å². The van der Waals surface area contributed by atoms with Gasteiger partial charge in [-0.15, -0.1) is 0 Å². The summed E-state index contributed by atoms with van der Waals surface area (Å²) in [5.74, 6) is 0. The van der Waals surface area contributed by atoms with Crippen molar-refractivity contribution < 1.29 is 8.42 Å². The molecule has 5 nitrogen and oxygen atoms in total. The molecular formula is C10H17N3O2S. The standard InChI is InChI=1S/C10H17N3O2S/c1-8-5-6-9(7-10(8)11)13(4)16(14,15)12(2)3/h5-7H,11H2,1-4H3. The lowest BCUT2D eigenvalue weighted by atomic mass is 10.2. The molecule has 1 aromatic rings. The summed E-state index contributed by atoms with van der Waals surface area (Å²) in [5.41, 5.74) is 7.81. The Morgan fingerprint density at radius 3 is 2.19 bits per heavy atom. The molecule has 0 aromatic heterocycles. The fraction of sp³-hybridized carbons (Fsp3) is 0.400. The Labute approximate surface area is 96.6 Å². The highest BCUT2D eigenvalue weighted by Gasteiger charge is 2.20. The van der Waals surface area contributed by atoms with Gasteiger partial charge in [-0.2, -0.15) is 12.7 Å². The highest BCUT2D eigenvalue weighted by molar-refractivity contribution is 7.90. The highest BCUT2D eigenvalue weighted by atomic mass is 32.2. The second-order valence-electron chi connectivity index (χ2n) is 3.80. The number of hydrogen-bond donors (Lipinski definition) is 1. The zero-order chi connectivity index (χ0) is 12.5. The van der Waals surface area contributed by atoms with E-state index in [0.29, 0.717) is 11.4 Å². The van der Waals surface area contributed by atoms with E-state index in [2.05, 4.69) is 0 Å². The Balaban J connectivity index is 3.16. The molecule has 0 aliphatic carbocycles. The van der Waals surface area contributed by atoms with E-state index in [1.165, 1.54) is 25.4 Å². The molecule has 1 aromatic carbocycles. The van der Waals surface area contributed by atoms with Gasteiger partial charge in [-0.1, -0.05) is 6.07 Å². The third-order valence-corrected chi connectivity index (χ3v) is 4.26. The van der Waals surface area contributed by atoms with E-state index >= 15 is 0 Å². The molecule has 0 bridgehead atoms. The van der Waals surface area contributed by atoms with Gasteiger partial charge in [0.25, 0.3) is 0 Å². The molecule has 0 aliphatic heterocycles. The first-order valence-electron chi connectivity index (χ1n) is 4.79. The van der Waals surface area contributed by atoms with Crippen molar-refractivity contribution in [1.82, 2.24) is 4.31 Å². The minimum atomic E-state index is -3.45. The summed E-state index contributed by atoms with van der Waals surface area (Å²) >= 11 is 0. The normalized spacial score (nSPS) is 11.8. The van der Waals surface area contributed by atoms with Crippen LogP contribution in [0, 0.1) is 6.92 Å². The Bertz CT molecular complexity index is 483. The lowest BCUT2D eigenvalue weighted by Gasteiger charge is -2.23. The first-order chi connectivity index (χ1) is 7.26. The summed E-state index contributed by atoms with van der Waals surface area (Å²) in [6, 6.07) is 5.18. The molecule has 0 saturated heterocycles. The lowest BCUT2D eigenvalue weighted by molar-refractivity contribution is 0.519. The SMILES string of the molecule is Cc1ccc(N(C)S(=O)(=O)N(C)C)cc1N. The molecule has 16 heavy (non-hydrogen) atoms. The van der Waals surface area contributed by atoms with E-state index in [0.717, 1.165) is 9.87 Å². The predicted molar refractivity (Wildman–Crippen MR) is 66.6 cm³/mol. The van der Waals surface area contributed by atoms with Gasteiger partial charge >= 0.3 is 10.2 Å². The maximum absolute atomic E-state index is 11.8. The van der Waals surface area contributed by atoms with Gasteiger partial charge in [-0.25, -0.2) is 0 Å². The van der Waals surface area contributed by atoms with E-state index in [4.69, 9.17) is 5.73 Å².